The Balaban J connectivity index is 1.56. The number of carbonyl (C=O) groups is 2. The quantitative estimate of drug-likeness (QED) is 0.540. The molecule has 0 bridgehead atoms. The van der Waals surface area contributed by atoms with Gasteiger partial charge in [-0.25, -0.2) is 13.2 Å². The smallest absolute Gasteiger partial charge is 0.331 e. The van der Waals surface area contributed by atoms with Crippen molar-refractivity contribution < 1.29 is 22.7 Å². The van der Waals surface area contributed by atoms with Gasteiger partial charge in [-0.1, -0.05) is 25.0 Å². The van der Waals surface area contributed by atoms with Crippen molar-refractivity contribution in [3.8, 4) is 0 Å². The van der Waals surface area contributed by atoms with E-state index in [1.807, 2.05) is 0 Å². The van der Waals surface area contributed by atoms with Crippen LogP contribution in [0.15, 0.2) is 35.2 Å². The van der Waals surface area contributed by atoms with Crippen LogP contribution in [0.3, 0.4) is 0 Å². The van der Waals surface area contributed by atoms with Crippen LogP contribution in [0.4, 0.5) is 0 Å². The van der Waals surface area contributed by atoms with Crippen LogP contribution in [-0.4, -0.2) is 49.8 Å². The van der Waals surface area contributed by atoms with Crippen LogP contribution >= 0.6 is 0 Å². The minimum atomic E-state index is -3.49. The predicted octanol–water partition coefficient (Wildman–Crippen LogP) is 2.47. The Morgan fingerprint density at radius 2 is 1.72 bits per heavy atom. The third-order valence-electron chi connectivity index (χ3n) is 5.08. The number of amides is 1. The number of hydrogen-bond donors (Lipinski definition) is 1. The summed E-state index contributed by atoms with van der Waals surface area (Å²) in [4.78, 5) is 24.0. The Morgan fingerprint density at radius 1 is 1.10 bits per heavy atom. The molecule has 1 aromatic carbocycles. The lowest BCUT2D eigenvalue weighted by Gasteiger charge is -2.19. The van der Waals surface area contributed by atoms with Gasteiger partial charge >= 0.3 is 5.97 Å². The maximum absolute atomic E-state index is 12.8. The van der Waals surface area contributed by atoms with Gasteiger partial charge in [-0.2, -0.15) is 4.31 Å². The molecule has 29 heavy (non-hydrogen) atoms. The van der Waals surface area contributed by atoms with E-state index < -0.39 is 22.1 Å². The highest BCUT2D eigenvalue weighted by Gasteiger charge is 2.27. The number of hydrogen-bond acceptors (Lipinski definition) is 5. The SMILES string of the molecule is C[C@H](OC(=O)/C=C/c1ccc(S(=O)(=O)N2CCCCCC2)cc1)C(=O)NC1CC1. The molecule has 0 aromatic heterocycles. The minimum absolute atomic E-state index is 0.211. The zero-order valence-electron chi connectivity index (χ0n) is 16.7. The zero-order valence-corrected chi connectivity index (χ0v) is 17.5. The fraction of sp³-hybridized carbons (Fsp3) is 0.524. The molecule has 1 atom stereocenters. The molecule has 2 fully saturated rings. The van der Waals surface area contributed by atoms with Gasteiger partial charge in [0.1, 0.15) is 0 Å². The number of nitrogens with one attached hydrogen (secondary N) is 1. The van der Waals surface area contributed by atoms with E-state index in [1.165, 1.54) is 19.1 Å². The average molecular weight is 421 g/mol. The predicted molar refractivity (Wildman–Crippen MR) is 109 cm³/mol. The van der Waals surface area contributed by atoms with E-state index in [-0.39, 0.29) is 16.8 Å². The topological polar surface area (TPSA) is 92.8 Å². The van der Waals surface area contributed by atoms with Crippen molar-refractivity contribution >= 4 is 28.0 Å². The summed E-state index contributed by atoms with van der Waals surface area (Å²) in [6, 6.07) is 6.62. The van der Waals surface area contributed by atoms with Crippen molar-refractivity contribution in [2.45, 2.75) is 62.5 Å². The van der Waals surface area contributed by atoms with Crippen LogP contribution in [0.25, 0.3) is 6.08 Å². The maximum atomic E-state index is 12.8. The van der Waals surface area contributed by atoms with Gasteiger partial charge in [0.25, 0.3) is 5.91 Å². The number of ether oxygens (including phenoxy) is 1. The molecule has 1 aliphatic heterocycles. The highest BCUT2D eigenvalue weighted by atomic mass is 32.2. The zero-order chi connectivity index (χ0) is 20.9. The fourth-order valence-electron chi connectivity index (χ4n) is 3.16. The first-order valence-corrected chi connectivity index (χ1v) is 11.6. The van der Waals surface area contributed by atoms with E-state index in [1.54, 1.807) is 28.6 Å². The lowest BCUT2D eigenvalue weighted by Crippen LogP contribution is -2.36. The van der Waals surface area contributed by atoms with Gasteiger partial charge < -0.3 is 10.1 Å². The second kappa shape index (κ2) is 9.54. The summed E-state index contributed by atoms with van der Waals surface area (Å²) in [5.74, 6) is -0.915. The molecule has 7 nitrogen and oxygen atoms in total. The summed E-state index contributed by atoms with van der Waals surface area (Å²) in [5, 5.41) is 2.78. The van der Waals surface area contributed by atoms with Crippen molar-refractivity contribution in [2.24, 2.45) is 0 Å². The summed E-state index contributed by atoms with van der Waals surface area (Å²) in [5.41, 5.74) is 0.673. The van der Waals surface area contributed by atoms with Crippen LogP contribution in [0.2, 0.25) is 0 Å². The van der Waals surface area contributed by atoms with Gasteiger partial charge in [-0.15, -0.1) is 0 Å². The standard InChI is InChI=1S/C21H28N2O5S/c1-16(21(25)22-18-9-10-18)28-20(24)13-8-17-6-11-19(12-7-17)29(26,27)23-14-4-2-3-5-15-23/h6-8,11-13,16,18H,2-5,9-10,14-15H2,1H3,(H,22,25)/b13-8+/t16-/m0/s1. The third kappa shape index (κ3) is 6.14. The van der Waals surface area contributed by atoms with Crippen LogP contribution in [0.5, 0.6) is 0 Å². The molecule has 0 radical (unpaired) electrons. The van der Waals surface area contributed by atoms with Crippen molar-refractivity contribution in [1.29, 1.82) is 0 Å². The third-order valence-corrected chi connectivity index (χ3v) is 6.99. The molecule has 1 aliphatic carbocycles. The van der Waals surface area contributed by atoms with Crippen molar-refractivity contribution in [3.63, 3.8) is 0 Å². The monoisotopic (exact) mass is 420 g/mol. The van der Waals surface area contributed by atoms with Gasteiger partial charge in [0.05, 0.1) is 4.90 Å². The summed E-state index contributed by atoms with van der Waals surface area (Å²) in [7, 11) is -3.49. The number of esters is 1. The number of sulfonamides is 1. The first kappa shape index (κ1) is 21.5. The molecule has 1 N–H and O–H groups in total. The molecule has 1 amide bonds. The van der Waals surface area contributed by atoms with Gasteiger partial charge in [-0.05, 0) is 56.4 Å². The van der Waals surface area contributed by atoms with Crippen LogP contribution in [-0.2, 0) is 24.3 Å². The van der Waals surface area contributed by atoms with E-state index in [4.69, 9.17) is 4.74 Å². The van der Waals surface area contributed by atoms with Crippen LogP contribution < -0.4 is 5.32 Å². The summed E-state index contributed by atoms with van der Waals surface area (Å²) in [6.45, 7) is 2.65. The first-order valence-electron chi connectivity index (χ1n) is 10.2. The van der Waals surface area contributed by atoms with Crippen LogP contribution in [0, 0.1) is 0 Å². The molecular weight excluding hydrogens is 392 g/mol. The van der Waals surface area contributed by atoms with Gasteiger partial charge in [0.2, 0.25) is 10.0 Å². The van der Waals surface area contributed by atoms with E-state index in [9.17, 15) is 18.0 Å². The van der Waals surface area contributed by atoms with E-state index >= 15 is 0 Å². The van der Waals surface area contributed by atoms with Crippen LogP contribution in [0.1, 0.15) is 51.0 Å². The van der Waals surface area contributed by atoms with E-state index in [2.05, 4.69) is 5.32 Å². The second-order valence-electron chi connectivity index (χ2n) is 7.58. The van der Waals surface area contributed by atoms with Gasteiger partial charge in [-0.3, -0.25) is 4.79 Å². The maximum Gasteiger partial charge on any atom is 0.331 e. The number of benzene rings is 1. The second-order valence-corrected chi connectivity index (χ2v) is 9.52. The van der Waals surface area contributed by atoms with Crippen molar-refractivity contribution in [3.05, 3.63) is 35.9 Å². The largest absolute Gasteiger partial charge is 0.449 e. The van der Waals surface area contributed by atoms with Crippen molar-refractivity contribution in [2.75, 3.05) is 13.1 Å². The highest BCUT2D eigenvalue weighted by Crippen LogP contribution is 2.21. The van der Waals surface area contributed by atoms with Gasteiger partial charge in [0.15, 0.2) is 6.10 Å². The van der Waals surface area contributed by atoms with E-state index in [0.717, 1.165) is 38.5 Å². The van der Waals surface area contributed by atoms with Gasteiger partial charge in [0, 0.05) is 25.2 Å². The number of nitrogens with zero attached hydrogens (tertiary/aromatic N) is 1. The fourth-order valence-corrected chi connectivity index (χ4v) is 4.68. The molecule has 158 valence electrons. The molecule has 2 aliphatic rings. The number of rotatable bonds is 7. The first-order chi connectivity index (χ1) is 13.9. The lowest BCUT2D eigenvalue weighted by atomic mass is 10.2. The Hall–Kier alpha value is -2.19. The Labute approximate surface area is 172 Å². The number of carbonyl (C=O) groups excluding carboxylic acids is 2. The minimum Gasteiger partial charge on any atom is -0.449 e. The molecule has 1 aromatic rings. The molecular formula is C21H28N2O5S. The molecule has 0 spiro atoms. The molecule has 3 rings (SSSR count). The Morgan fingerprint density at radius 3 is 2.31 bits per heavy atom. The molecule has 8 heteroatoms. The molecule has 1 heterocycles. The Kier molecular flexibility index (Phi) is 7.08. The molecule has 0 unspecified atom stereocenters. The Bertz CT molecular complexity index is 852. The van der Waals surface area contributed by atoms with Crippen molar-refractivity contribution in [1.82, 2.24) is 9.62 Å². The average Bonchev–Trinajstić information content (AvgIpc) is 3.53. The van der Waals surface area contributed by atoms with E-state index in [0.29, 0.717) is 18.7 Å². The normalized spacial score (nSPS) is 19.5. The summed E-state index contributed by atoms with van der Waals surface area (Å²) < 4.78 is 32.2. The lowest BCUT2D eigenvalue weighted by molar-refractivity contribution is -0.150. The summed E-state index contributed by atoms with van der Waals surface area (Å²) in [6.07, 6.45) is 7.76. The molecule has 1 saturated heterocycles. The molecule has 1 saturated carbocycles. The highest BCUT2D eigenvalue weighted by molar-refractivity contribution is 7.89. The summed E-state index contributed by atoms with van der Waals surface area (Å²) >= 11 is 0.